The van der Waals surface area contributed by atoms with Crippen molar-refractivity contribution < 1.29 is 9.52 Å². The van der Waals surface area contributed by atoms with E-state index in [1.807, 2.05) is 0 Å². The molecule has 0 aliphatic carbocycles. The lowest BCUT2D eigenvalue weighted by atomic mass is 9.91. The molecule has 3 rings (SSSR count). The van der Waals surface area contributed by atoms with Crippen molar-refractivity contribution in [3.63, 3.8) is 0 Å². The molecule has 118 valence electrons. The molecule has 1 aromatic heterocycles. The zero-order chi connectivity index (χ0) is 14.7. The third kappa shape index (κ3) is 3.87. The Morgan fingerprint density at radius 1 is 1.05 bits per heavy atom. The van der Waals surface area contributed by atoms with Crippen LogP contribution in [0.4, 0.5) is 0 Å². The van der Waals surface area contributed by atoms with Gasteiger partial charge in [-0.05, 0) is 50.9 Å². The molecule has 2 saturated heterocycles. The Balaban J connectivity index is 1.47. The van der Waals surface area contributed by atoms with E-state index in [2.05, 4.69) is 28.9 Å². The fourth-order valence-electron chi connectivity index (χ4n) is 3.56. The maximum atomic E-state index is 10.8. The minimum Gasteiger partial charge on any atom is -0.465 e. The smallest absolute Gasteiger partial charge is 0.118 e. The van der Waals surface area contributed by atoms with Crippen molar-refractivity contribution in [1.29, 1.82) is 0 Å². The molecule has 2 fully saturated rings. The first-order valence-corrected chi connectivity index (χ1v) is 8.41. The van der Waals surface area contributed by atoms with Crippen molar-refractivity contribution in [3.8, 4) is 0 Å². The zero-order valence-electron chi connectivity index (χ0n) is 13.2. The van der Waals surface area contributed by atoms with Crippen LogP contribution in [0.3, 0.4) is 0 Å². The third-order valence-electron chi connectivity index (χ3n) is 4.95. The normalized spacial score (nSPS) is 23.7. The molecule has 3 heterocycles. The highest BCUT2D eigenvalue weighted by Crippen LogP contribution is 2.26. The van der Waals surface area contributed by atoms with Crippen molar-refractivity contribution >= 4 is 0 Å². The summed E-state index contributed by atoms with van der Waals surface area (Å²) in [6, 6.07) is 4.16. The number of hydrogen-bond acceptors (Lipinski definition) is 4. The van der Waals surface area contributed by atoms with E-state index in [1.165, 1.54) is 12.8 Å². The van der Waals surface area contributed by atoms with E-state index >= 15 is 0 Å². The highest BCUT2D eigenvalue weighted by Gasteiger charge is 2.34. The summed E-state index contributed by atoms with van der Waals surface area (Å²) in [4.78, 5) is 4.83. The topological polar surface area (TPSA) is 39.9 Å². The van der Waals surface area contributed by atoms with Crippen molar-refractivity contribution in [2.24, 2.45) is 0 Å². The predicted octanol–water partition coefficient (Wildman–Crippen LogP) is 2.26. The van der Waals surface area contributed by atoms with Crippen molar-refractivity contribution in [3.05, 3.63) is 23.7 Å². The quantitative estimate of drug-likeness (QED) is 0.904. The van der Waals surface area contributed by atoms with Gasteiger partial charge in [0.15, 0.2) is 0 Å². The molecule has 0 atom stereocenters. The summed E-state index contributed by atoms with van der Waals surface area (Å²) in [6.45, 7) is 8.11. The molecule has 4 nitrogen and oxygen atoms in total. The van der Waals surface area contributed by atoms with Crippen LogP contribution in [0.2, 0.25) is 0 Å². The summed E-state index contributed by atoms with van der Waals surface area (Å²) >= 11 is 0. The Bertz CT molecular complexity index is 443. The minimum absolute atomic E-state index is 0.474. The Labute approximate surface area is 127 Å². The summed E-state index contributed by atoms with van der Waals surface area (Å²) in [6.07, 6.45) is 5.30. The molecule has 0 spiro atoms. The molecular formula is C17H28N2O2. The Morgan fingerprint density at radius 2 is 1.71 bits per heavy atom. The van der Waals surface area contributed by atoms with Crippen LogP contribution >= 0.6 is 0 Å². The van der Waals surface area contributed by atoms with Crippen LogP contribution < -0.4 is 0 Å². The first-order chi connectivity index (χ1) is 10.2. The molecule has 1 aromatic rings. The molecule has 0 unspecified atom stereocenters. The minimum atomic E-state index is -0.474. The highest BCUT2D eigenvalue weighted by atomic mass is 16.3. The standard InChI is InChI=1S/C17H28N2O2/c1-2-15-5-6-16(21-15)13-18-11-7-17(20,8-12-18)14-19-9-3-4-10-19/h5-6,20H,2-4,7-14H2,1H3. The summed E-state index contributed by atoms with van der Waals surface area (Å²) in [5.41, 5.74) is -0.474. The second-order valence-electron chi connectivity index (χ2n) is 6.71. The first kappa shape index (κ1) is 15.1. The predicted molar refractivity (Wildman–Crippen MR) is 83.2 cm³/mol. The third-order valence-corrected chi connectivity index (χ3v) is 4.95. The largest absolute Gasteiger partial charge is 0.465 e. The van der Waals surface area contributed by atoms with Gasteiger partial charge in [0.05, 0.1) is 12.1 Å². The fraction of sp³-hybridized carbons (Fsp3) is 0.765. The number of piperidine rings is 1. The summed E-state index contributed by atoms with van der Waals surface area (Å²) < 4.78 is 5.78. The number of β-amino-alcohol motifs (C(OH)–C–C–N with tert-alkyl or cyclic N) is 1. The molecule has 0 saturated carbocycles. The van der Waals surface area contributed by atoms with Crippen LogP contribution in [0.25, 0.3) is 0 Å². The Hall–Kier alpha value is -0.840. The average molecular weight is 292 g/mol. The number of aliphatic hydroxyl groups is 1. The van der Waals surface area contributed by atoms with E-state index in [1.54, 1.807) is 0 Å². The number of aryl methyl sites for hydroxylation is 1. The van der Waals surface area contributed by atoms with Gasteiger partial charge < -0.3 is 14.4 Å². The number of likely N-dealkylation sites (tertiary alicyclic amines) is 2. The number of furan rings is 1. The molecule has 0 bridgehead atoms. The number of nitrogens with zero attached hydrogens (tertiary/aromatic N) is 2. The van der Waals surface area contributed by atoms with Crippen LogP contribution in [-0.2, 0) is 13.0 Å². The van der Waals surface area contributed by atoms with Crippen LogP contribution in [0.5, 0.6) is 0 Å². The van der Waals surface area contributed by atoms with Gasteiger partial charge in [0, 0.05) is 26.1 Å². The SMILES string of the molecule is CCc1ccc(CN2CCC(O)(CN3CCCC3)CC2)o1. The second kappa shape index (κ2) is 6.51. The summed E-state index contributed by atoms with van der Waals surface area (Å²) in [7, 11) is 0. The molecule has 1 N–H and O–H groups in total. The van der Waals surface area contributed by atoms with Crippen LogP contribution in [-0.4, -0.2) is 53.2 Å². The maximum Gasteiger partial charge on any atom is 0.118 e. The molecule has 0 amide bonds. The van der Waals surface area contributed by atoms with Crippen LogP contribution in [0, 0.1) is 0 Å². The summed E-state index contributed by atoms with van der Waals surface area (Å²) in [5, 5.41) is 10.8. The Kier molecular flexibility index (Phi) is 4.67. The number of hydrogen-bond donors (Lipinski definition) is 1. The van der Waals surface area contributed by atoms with Crippen molar-refractivity contribution in [1.82, 2.24) is 9.80 Å². The van der Waals surface area contributed by atoms with Crippen LogP contribution in [0.15, 0.2) is 16.5 Å². The van der Waals surface area contributed by atoms with E-state index in [4.69, 9.17) is 4.42 Å². The molecule has 2 aliphatic heterocycles. The monoisotopic (exact) mass is 292 g/mol. The van der Waals surface area contributed by atoms with Gasteiger partial charge in [-0.1, -0.05) is 6.92 Å². The lowest BCUT2D eigenvalue weighted by Crippen LogP contribution is -2.50. The Morgan fingerprint density at radius 3 is 2.33 bits per heavy atom. The van der Waals surface area contributed by atoms with Gasteiger partial charge in [-0.25, -0.2) is 0 Å². The van der Waals surface area contributed by atoms with Gasteiger partial charge in [0.25, 0.3) is 0 Å². The van der Waals surface area contributed by atoms with Crippen molar-refractivity contribution in [2.75, 3.05) is 32.7 Å². The first-order valence-electron chi connectivity index (χ1n) is 8.41. The molecule has 0 aromatic carbocycles. The van der Waals surface area contributed by atoms with Gasteiger partial charge in [-0.2, -0.15) is 0 Å². The zero-order valence-corrected chi connectivity index (χ0v) is 13.2. The molecule has 21 heavy (non-hydrogen) atoms. The second-order valence-corrected chi connectivity index (χ2v) is 6.71. The molecule has 0 radical (unpaired) electrons. The molecule has 2 aliphatic rings. The van der Waals surface area contributed by atoms with E-state index in [9.17, 15) is 5.11 Å². The van der Waals surface area contributed by atoms with Gasteiger partial charge in [-0.15, -0.1) is 0 Å². The van der Waals surface area contributed by atoms with Crippen LogP contribution in [0.1, 0.15) is 44.1 Å². The van der Waals surface area contributed by atoms with E-state index in [0.29, 0.717) is 0 Å². The van der Waals surface area contributed by atoms with Crippen molar-refractivity contribution in [2.45, 2.75) is 51.2 Å². The van der Waals surface area contributed by atoms with Gasteiger partial charge in [0.2, 0.25) is 0 Å². The molecular weight excluding hydrogens is 264 g/mol. The van der Waals surface area contributed by atoms with E-state index in [0.717, 1.165) is 70.1 Å². The highest BCUT2D eigenvalue weighted by molar-refractivity contribution is 5.07. The fourth-order valence-corrected chi connectivity index (χ4v) is 3.56. The number of rotatable bonds is 5. The van der Waals surface area contributed by atoms with Gasteiger partial charge >= 0.3 is 0 Å². The van der Waals surface area contributed by atoms with E-state index < -0.39 is 5.60 Å². The molecule has 4 heteroatoms. The lowest BCUT2D eigenvalue weighted by Gasteiger charge is -2.40. The van der Waals surface area contributed by atoms with Gasteiger partial charge in [-0.3, -0.25) is 4.90 Å². The van der Waals surface area contributed by atoms with E-state index in [-0.39, 0.29) is 0 Å². The maximum absolute atomic E-state index is 10.8. The lowest BCUT2D eigenvalue weighted by molar-refractivity contribution is -0.0439. The van der Waals surface area contributed by atoms with Gasteiger partial charge in [0.1, 0.15) is 11.5 Å². The summed E-state index contributed by atoms with van der Waals surface area (Å²) in [5.74, 6) is 2.12. The average Bonchev–Trinajstić information content (AvgIpc) is 3.13.